The lowest BCUT2D eigenvalue weighted by atomic mass is 10.1. The number of anilines is 1. The van der Waals surface area contributed by atoms with Gasteiger partial charge in [0.15, 0.2) is 0 Å². The maximum absolute atomic E-state index is 13.1. The number of hydrogen-bond donors (Lipinski definition) is 2. The number of H-pyrrole nitrogens is 1. The summed E-state index contributed by atoms with van der Waals surface area (Å²) in [6.45, 7) is 5.15. The van der Waals surface area contributed by atoms with Gasteiger partial charge in [-0.05, 0) is 32.9 Å². The zero-order valence-electron chi connectivity index (χ0n) is 11.4. The van der Waals surface area contributed by atoms with Gasteiger partial charge in [0.05, 0.1) is 17.3 Å². The zero-order chi connectivity index (χ0) is 14.9. The number of aromatic nitrogens is 2. The van der Waals surface area contributed by atoms with Crippen LogP contribution in [0.5, 0.6) is 0 Å². The van der Waals surface area contributed by atoms with Crippen LogP contribution < -0.4 is 10.9 Å². The summed E-state index contributed by atoms with van der Waals surface area (Å²) in [5.41, 5.74) is 1.05. The highest BCUT2D eigenvalue weighted by Crippen LogP contribution is 2.20. The molecule has 0 aliphatic rings. The molecule has 0 radical (unpaired) electrons. The van der Waals surface area contributed by atoms with Gasteiger partial charge in [-0.3, -0.25) is 4.79 Å². The molecule has 0 fully saturated rings. The number of aryl methyl sites for hydroxylation is 2. The van der Waals surface area contributed by atoms with Crippen molar-refractivity contribution in [3.05, 3.63) is 57.3 Å². The summed E-state index contributed by atoms with van der Waals surface area (Å²) >= 11 is 0. The first kappa shape index (κ1) is 14.2. The number of benzene rings is 1. The predicted molar refractivity (Wildman–Crippen MR) is 72.7 cm³/mol. The van der Waals surface area contributed by atoms with E-state index < -0.39 is 17.7 Å². The molecule has 1 unspecified atom stereocenters. The second-order valence-corrected chi connectivity index (χ2v) is 4.67. The second-order valence-electron chi connectivity index (χ2n) is 4.67. The smallest absolute Gasteiger partial charge is 0.256 e. The van der Waals surface area contributed by atoms with E-state index in [0.29, 0.717) is 17.1 Å². The molecule has 0 spiro atoms. The second kappa shape index (κ2) is 5.40. The highest BCUT2D eigenvalue weighted by molar-refractivity contribution is 5.46. The Balaban J connectivity index is 2.33. The van der Waals surface area contributed by atoms with Gasteiger partial charge in [-0.1, -0.05) is 0 Å². The largest absolute Gasteiger partial charge is 0.378 e. The molecule has 1 atom stereocenters. The molecule has 1 aromatic carbocycles. The fourth-order valence-corrected chi connectivity index (χ4v) is 2.20. The minimum absolute atomic E-state index is 0.258. The first-order valence-electron chi connectivity index (χ1n) is 6.17. The van der Waals surface area contributed by atoms with Crippen LogP contribution in [0, 0.1) is 25.5 Å². The SMILES string of the molecule is Cc1nc(C)c(C(C)Nc2cc(F)cc(F)c2)c(=O)[nH]1. The van der Waals surface area contributed by atoms with Gasteiger partial charge in [-0.15, -0.1) is 0 Å². The summed E-state index contributed by atoms with van der Waals surface area (Å²) in [6, 6.07) is 2.71. The van der Waals surface area contributed by atoms with Crippen LogP contribution in [0.15, 0.2) is 23.0 Å². The Morgan fingerprint density at radius 2 is 1.80 bits per heavy atom. The van der Waals surface area contributed by atoms with Crippen molar-refractivity contribution in [2.75, 3.05) is 5.32 Å². The Labute approximate surface area is 114 Å². The Kier molecular flexibility index (Phi) is 3.83. The van der Waals surface area contributed by atoms with Crippen LogP contribution >= 0.6 is 0 Å². The highest BCUT2D eigenvalue weighted by Gasteiger charge is 2.15. The van der Waals surface area contributed by atoms with Crippen LogP contribution in [-0.4, -0.2) is 9.97 Å². The standard InChI is InChI=1S/C14H15F2N3O/c1-7-13(14(20)19-9(3)17-7)8(2)18-12-5-10(15)4-11(16)6-12/h4-6,8,18H,1-3H3,(H,17,19,20). The Morgan fingerprint density at radius 3 is 2.35 bits per heavy atom. The van der Waals surface area contributed by atoms with Crippen molar-refractivity contribution in [1.82, 2.24) is 9.97 Å². The van der Waals surface area contributed by atoms with E-state index in [1.54, 1.807) is 20.8 Å². The van der Waals surface area contributed by atoms with E-state index in [-0.39, 0.29) is 11.2 Å². The summed E-state index contributed by atoms with van der Waals surface area (Å²) in [4.78, 5) is 18.7. The first-order valence-corrected chi connectivity index (χ1v) is 6.17. The molecule has 2 aromatic rings. The van der Waals surface area contributed by atoms with Gasteiger partial charge in [0.1, 0.15) is 17.5 Å². The molecule has 1 heterocycles. The molecule has 1 aromatic heterocycles. The van der Waals surface area contributed by atoms with E-state index in [0.717, 1.165) is 6.07 Å². The number of nitrogens with zero attached hydrogens (tertiary/aromatic N) is 1. The average molecular weight is 279 g/mol. The van der Waals surface area contributed by atoms with Crippen LogP contribution in [0.3, 0.4) is 0 Å². The molecule has 20 heavy (non-hydrogen) atoms. The van der Waals surface area contributed by atoms with Gasteiger partial charge in [-0.2, -0.15) is 0 Å². The van der Waals surface area contributed by atoms with Gasteiger partial charge in [0.2, 0.25) is 0 Å². The van der Waals surface area contributed by atoms with Crippen molar-refractivity contribution in [3.8, 4) is 0 Å². The maximum Gasteiger partial charge on any atom is 0.256 e. The predicted octanol–water partition coefficient (Wildman–Crippen LogP) is 2.84. The van der Waals surface area contributed by atoms with Crippen molar-refractivity contribution in [2.24, 2.45) is 0 Å². The van der Waals surface area contributed by atoms with E-state index in [1.807, 2.05) is 0 Å². The molecule has 0 aliphatic heterocycles. The molecule has 4 nitrogen and oxygen atoms in total. The van der Waals surface area contributed by atoms with Crippen molar-refractivity contribution in [1.29, 1.82) is 0 Å². The van der Waals surface area contributed by atoms with Crippen LogP contribution in [0.4, 0.5) is 14.5 Å². The van der Waals surface area contributed by atoms with Crippen molar-refractivity contribution in [3.63, 3.8) is 0 Å². The molecule has 0 amide bonds. The van der Waals surface area contributed by atoms with E-state index in [4.69, 9.17) is 0 Å². The lowest BCUT2D eigenvalue weighted by molar-refractivity contribution is 0.583. The Hall–Kier alpha value is -2.24. The van der Waals surface area contributed by atoms with Gasteiger partial charge in [-0.25, -0.2) is 13.8 Å². The highest BCUT2D eigenvalue weighted by atomic mass is 19.1. The molecular formula is C14H15F2N3O. The molecule has 106 valence electrons. The van der Waals surface area contributed by atoms with Crippen molar-refractivity contribution in [2.45, 2.75) is 26.8 Å². The minimum Gasteiger partial charge on any atom is -0.378 e. The van der Waals surface area contributed by atoms with E-state index >= 15 is 0 Å². The molecule has 0 saturated heterocycles. The number of aromatic amines is 1. The third kappa shape index (κ3) is 3.01. The summed E-state index contributed by atoms with van der Waals surface area (Å²) in [5.74, 6) is -0.819. The van der Waals surface area contributed by atoms with Crippen LogP contribution in [0.1, 0.15) is 30.0 Å². The average Bonchev–Trinajstić information content (AvgIpc) is 2.25. The lowest BCUT2D eigenvalue weighted by Crippen LogP contribution is -2.23. The summed E-state index contributed by atoms with van der Waals surface area (Å²) in [6.07, 6.45) is 0. The van der Waals surface area contributed by atoms with Crippen molar-refractivity contribution < 1.29 is 8.78 Å². The normalized spacial score (nSPS) is 12.2. The summed E-state index contributed by atoms with van der Waals surface area (Å²) in [7, 11) is 0. The van der Waals surface area contributed by atoms with Gasteiger partial charge in [0.25, 0.3) is 5.56 Å². The minimum atomic E-state index is -0.674. The fourth-order valence-electron chi connectivity index (χ4n) is 2.20. The molecule has 2 rings (SSSR count). The molecule has 2 N–H and O–H groups in total. The van der Waals surface area contributed by atoms with Crippen molar-refractivity contribution >= 4 is 5.69 Å². The van der Waals surface area contributed by atoms with Crippen LogP contribution in [0.2, 0.25) is 0 Å². The molecule has 0 aliphatic carbocycles. The quantitative estimate of drug-likeness (QED) is 0.908. The third-order valence-corrected chi connectivity index (χ3v) is 2.94. The first-order chi connectivity index (χ1) is 9.36. The molecule has 6 heteroatoms. The topological polar surface area (TPSA) is 57.8 Å². The third-order valence-electron chi connectivity index (χ3n) is 2.94. The maximum atomic E-state index is 13.1. The Bertz CT molecular complexity index is 677. The summed E-state index contributed by atoms with van der Waals surface area (Å²) < 4.78 is 26.3. The molecular weight excluding hydrogens is 264 g/mol. The van der Waals surface area contributed by atoms with Gasteiger partial charge >= 0.3 is 0 Å². The molecule has 0 saturated carbocycles. The monoisotopic (exact) mass is 279 g/mol. The zero-order valence-corrected chi connectivity index (χ0v) is 11.4. The van der Waals surface area contributed by atoms with E-state index in [9.17, 15) is 13.6 Å². The van der Waals surface area contributed by atoms with E-state index in [1.165, 1.54) is 12.1 Å². The number of rotatable bonds is 3. The van der Waals surface area contributed by atoms with Crippen LogP contribution in [-0.2, 0) is 0 Å². The lowest BCUT2D eigenvalue weighted by Gasteiger charge is -2.16. The van der Waals surface area contributed by atoms with Gasteiger partial charge in [0, 0.05) is 11.8 Å². The number of hydrogen-bond acceptors (Lipinski definition) is 3. The van der Waals surface area contributed by atoms with E-state index in [2.05, 4.69) is 15.3 Å². The summed E-state index contributed by atoms with van der Waals surface area (Å²) in [5, 5.41) is 2.90. The number of halogens is 2. The van der Waals surface area contributed by atoms with Gasteiger partial charge < -0.3 is 10.3 Å². The fraction of sp³-hybridized carbons (Fsp3) is 0.286. The molecule has 0 bridgehead atoms. The van der Waals surface area contributed by atoms with Crippen LogP contribution in [0.25, 0.3) is 0 Å². The number of nitrogens with one attached hydrogen (secondary N) is 2. The Morgan fingerprint density at radius 1 is 1.20 bits per heavy atom.